The molecule has 1 fully saturated rings. The molecule has 2 rings (SSSR count). The Labute approximate surface area is 148 Å². The van der Waals surface area contributed by atoms with Crippen LogP contribution in [0, 0.1) is 12.8 Å². The Balaban J connectivity index is 2.23. The van der Waals surface area contributed by atoms with Crippen molar-refractivity contribution in [3.05, 3.63) is 29.3 Å². The summed E-state index contributed by atoms with van der Waals surface area (Å²) in [6.07, 6.45) is 1.21. The first-order chi connectivity index (χ1) is 11.7. The Hall–Kier alpha value is -2.09. The molecule has 2 unspecified atom stereocenters. The molecule has 0 saturated carbocycles. The van der Waals surface area contributed by atoms with E-state index in [0.29, 0.717) is 36.2 Å². The lowest BCUT2D eigenvalue weighted by molar-refractivity contribution is -0.140. The van der Waals surface area contributed by atoms with Crippen LogP contribution in [0.4, 0.5) is 5.69 Å². The largest absolute Gasteiger partial charge is 0.480 e. The fraction of sp³-hybridized carbons (Fsp3) is 0.529. The van der Waals surface area contributed by atoms with Crippen LogP contribution in [-0.4, -0.2) is 43.7 Å². The Kier molecular flexibility index (Phi) is 5.72. The van der Waals surface area contributed by atoms with Gasteiger partial charge in [0.25, 0.3) is 5.91 Å². The van der Waals surface area contributed by atoms with Crippen LogP contribution in [-0.2, 0) is 14.8 Å². The van der Waals surface area contributed by atoms with Gasteiger partial charge in [-0.1, -0.05) is 20.3 Å². The van der Waals surface area contributed by atoms with E-state index >= 15 is 0 Å². The topological polar surface area (TPSA) is 104 Å². The highest BCUT2D eigenvalue weighted by atomic mass is 32.2. The van der Waals surface area contributed by atoms with Crippen LogP contribution in [0.2, 0.25) is 0 Å². The Morgan fingerprint density at radius 3 is 2.52 bits per heavy atom. The number of carbonyl (C=O) groups is 2. The minimum Gasteiger partial charge on any atom is -0.480 e. The second-order valence-corrected chi connectivity index (χ2v) is 8.43. The van der Waals surface area contributed by atoms with Crippen LogP contribution in [0.25, 0.3) is 0 Å². The van der Waals surface area contributed by atoms with Crippen LogP contribution in [0.5, 0.6) is 0 Å². The molecule has 0 bridgehead atoms. The van der Waals surface area contributed by atoms with E-state index in [1.165, 1.54) is 4.31 Å². The molecule has 138 valence electrons. The molecular formula is C17H24N2O5S. The van der Waals surface area contributed by atoms with Gasteiger partial charge in [0.15, 0.2) is 0 Å². The van der Waals surface area contributed by atoms with Crippen molar-refractivity contribution < 1.29 is 23.1 Å². The smallest absolute Gasteiger partial charge is 0.326 e. The summed E-state index contributed by atoms with van der Waals surface area (Å²) in [5, 5.41) is 11.9. The van der Waals surface area contributed by atoms with Gasteiger partial charge >= 0.3 is 5.97 Å². The van der Waals surface area contributed by atoms with E-state index in [1.807, 2.05) is 6.92 Å². The molecule has 8 heteroatoms. The van der Waals surface area contributed by atoms with Gasteiger partial charge in [-0.05, 0) is 43.0 Å². The van der Waals surface area contributed by atoms with Gasteiger partial charge in [0.05, 0.1) is 11.4 Å². The van der Waals surface area contributed by atoms with Crippen LogP contribution < -0.4 is 9.62 Å². The van der Waals surface area contributed by atoms with Gasteiger partial charge in [0, 0.05) is 12.1 Å². The lowest BCUT2D eigenvalue weighted by atomic mass is 9.98. The molecule has 1 amide bonds. The number of sulfonamides is 1. The number of nitrogens with zero attached hydrogens (tertiary/aromatic N) is 1. The SMILES string of the molecule is CCC(C)C(NC(=O)c1ccc(N2CCCS2(=O)=O)cc1C)C(=O)O. The molecule has 1 aromatic rings. The van der Waals surface area contributed by atoms with Crippen molar-refractivity contribution in [1.29, 1.82) is 0 Å². The van der Waals surface area contributed by atoms with Gasteiger partial charge < -0.3 is 10.4 Å². The summed E-state index contributed by atoms with van der Waals surface area (Å²) in [6.45, 7) is 5.78. The van der Waals surface area contributed by atoms with Crippen molar-refractivity contribution in [2.75, 3.05) is 16.6 Å². The van der Waals surface area contributed by atoms with E-state index in [0.717, 1.165) is 0 Å². The first kappa shape index (κ1) is 19.2. The zero-order valence-electron chi connectivity index (χ0n) is 14.7. The highest BCUT2D eigenvalue weighted by molar-refractivity contribution is 7.93. The summed E-state index contributed by atoms with van der Waals surface area (Å²) >= 11 is 0. The Bertz CT molecular complexity index is 775. The van der Waals surface area contributed by atoms with Crippen LogP contribution in [0.3, 0.4) is 0 Å². The van der Waals surface area contributed by atoms with Crippen molar-refractivity contribution in [3.63, 3.8) is 0 Å². The fourth-order valence-corrected chi connectivity index (χ4v) is 4.45. The van der Waals surface area contributed by atoms with Crippen LogP contribution in [0.15, 0.2) is 18.2 Å². The Morgan fingerprint density at radius 1 is 1.36 bits per heavy atom. The number of benzene rings is 1. The molecule has 1 saturated heterocycles. The molecule has 0 aliphatic carbocycles. The summed E-state index contributed by atoms with van der Waals surface area (Å²) in [5.74, 6) is -1.61. The number of hydrogen-bond donors (Lipinski definition) is 2. The number of aryl methyl sites for hydroxylation is 1. The number of hydrogen-bond acceptors (Lipinski definition) is 4. The Morgan fingerprint density at radius 2 is 2.04 bits per heavy atom. The van der Waals surface area contributed by atoms with Gasteiger partial charge in [-0.25, -0.2) is 13.2 Å². The zero-order chi connectivity index (χ0) is 18.8. The molecule has 2 N–H and O–H groups in total. The number of carbonyl (C=O) groups excluding carboxylic acids is 1. The predicted molar refractivity (Wildman–Crippen MR) is 95.3 cm³/mol. The second kappa shape index (κ2) is 7.43. The molecule has 7 nitrogen and oxygen atoms in total. The first-order valence-electron chi connectivity index (χ1n) is 8.32. The fourth-order valence-electron chi connectivity index (χ4n) is 2.89. The predicted octanol–water partition coefficient (Wildman–Crippen LogP) is 1.76. The monoisotopic (exact) mass is 368 g/mol. The van der Waals surface area contributed by atoms with Crippen molar-refractivity contribution >= 4 is 27.6 Å². The summed E-state index contributed by atoms with van der Waals surface area (Å²) in [5.41, 5.74) is 1.48. The first-order valence-corrected chi connectivity index (χ1v) is 9.93. The van der Waals surface area contributed by atoms with Gasteiger partial charge in [0.2, 0.25) is 10.0 Å². The average molecular weight is 368 g/mol. The van der Waals surface area contributed by atoms with Crippen LogP contribution >= 0.6 is 0 Å². The summed E-state index contributed by atoms with van der Waals surface area (Å²) < 4.78 is 25.4. The number of aliphatic carboxylic acids is 1. The van der Waals surface area contributed by atoms with Gasteiger partial charge in [-0.15, -0.1) is 0 Å². The van der Waals surface area contributed by atoms with E-state index < -0.39 is 27.9 Å². The van der Waals surface area contributed by atoms with Gasteiger partial charge in [-0.3, -0.25) is 9.10 Å². The third-order valence-corrected chi connectivity index (χ3v) is 6.48. The molecule has 1 heterocycles. The third kappa shape index (κ3) is 4.12. The summed E-state index contributed by atoms with van der Waals surface area (Å²) in [4.78, 5) is 23.8. The van der Waals surface area contributed by atoms with E-state index in [1.54, 1.807) is 32.0 Å². The van der Waals surface area contributed by atoms with Gasteiger partial charge in [-0.2, -0.15) is 0 Å². The lowest BCUT2D eigenvalue weighted by Crippen LogP contribution is -2.45. The average Bonchev–Trinajstić information content (AvgIpc) is 2.90. The molecule has 2 atom stereocenters. The van der Waals surface area contributed by atoms with Crippen molar-refractivity contribution in [3.8, 4) is 0 Å². The van der Waals surface area contributed by atoms with E-state index in [-0.39, 0.29) is 11.7 Å². The maximum Gasteiger partial charge on any atom is 0.326 e. The minimum atomic E-state index is -3.28. The van der Waals surface area contributed by atoms with E-state index in [4.69, 9.17) is 0 Å². The van der Waals surface area contributed by atoms with Crippen molar-refractivity contribution in [1.82, 2.24) is 5.32 Å². The number of carboxylic acid groups (broad SMARTS) is 1. The third-order valence-electron chi connectivity index (χ3n) is 4.61. The zero-order valence-corrected chi connectivity index (χ0v) is 15.5. The molecular weight excluding hydrogens is 344 g/mol. The molecule has 1 aliphatic rings. The van der Waals surface area contributed by atoms with Crippen molar-refractivity contribution in [2.24, 2.45) is 5.92 Å². The van der Waals surface area contributed by atoms with Crippen molar-refractivity contribution in [2.45, 2.75) is 39.7 Å². The standard InChI is InChI=1S/C17H24N2O5S/c1-4-11(2)15(17(21)22)18-16(20)14-7-6-13(10-12(14)3)19-8-5-9-25(19,23)24/h6-7,10-11,15H,4-5,8-9H2,1-3H3,(H,18,20)(H,21,22). The molecule has 0 radical (unpaired) electrons. The number of amides is 1. The maximum absolute atomic E-state index is 12.5. The molecule has 1 aliphatic heterocycles. The maximum atomic E-state index is 12.5. The highest BCUT2D eigenvalue weighted by Gasteiger charge is 2.29. The molecule has 0 spiro atoms. The number of rotatable bonds is 6. The summed E-state index contributed by atoms with van der Waals surface area (Å²) in [7, 11) is -3.28. The molecule has 25 heavy (non-hydrogen) atoms. The quantitative estimate of drug-likeness (QED) is 0.796. The number of nitrogens with one attached hydrogen (secondary N) is 1. The van der Waals surface area contributed by atoms with Gasteiger partial charge in [0.1, 0.15) is 6.04 Å². The highest BCUT2D eigenvalue weighted by Crippen LogP contribution is 2.26. The van der Waals surface area contributed by atoms with Crippen LogP contribution in [0.1, 0.15) is 42.6 Å². The summed E-state index contributed by atoms with van der Waals surface area (Å²) in [6, 6.07) is 3.82. The molecule has 1 aromatic carbocycles. The minimum absolute atomic E-state index is 0.128. The number of carboxylic acids is 1. The second-order valence-electron chi connectivity index (χ2n) is 6.42. The molecule has 0 aromatic heterocycles. The normalized spacial score (nSPS) is 18.6. The van der Waals surface area contributed by atoms with E-state index in [9.17, 15) is 23.1 Å². The number of anilines is 1. The lowest BCUT2D eigenvalue weighted by Gasteiger charge is -2.21. The van der Waals surface area contributed by atoms with E-state index in [2.05, 4.69) is 5.32 Å².